The molecule has 0 aromatic heterocycles. The predicted molar refractivity (Wildman–Crippen MR) is 84.8 cm³/mol. The van der Waals surface area contributed by atoms with Gasteiger partial charge in [-0.1, -0.05) is 13.3 Å². The lowest BCUT2D eigenvalue weighted by atomic mass is 9.89. The lowest BCUT2D eigenvalue weighted by Gasteiger charge is -2.46. The molecule has 2 nitrogen and oxygen atoms in total. The summed E-state index contributed by atoms with van der Waals surface area (Å²) in [5.41, 5.74) is -10.9. The molecular weight excluding hydrogens is 407 g/mol. The van der Waals surface area contributed by atoms with Crippen LogP contribution in [0.2, 0.25) is 0 Å². The highest BCUT2D eigenvalue weighted by Gasteiger charge is 2.86. The van der Waals surface area contributed by atoms with Gasteiger partial charge in [0, 0.05) is 6.42 Å². The molecule has 0 aliphatic heterocycles. The van der Waals surface area contributed by atoms with E-state index in [4.69, 9.17) is 4.74 Å². The van der Waals surface area contributed by atoms with Gasteiger partial charge in [0.1, 0.15) is 0 Å². The normalized spacial score (nSPS) is 15.9. The lowest BCUT2D eigenvalue weighted by molar-refractivity contribution is -0.473. The standard InChI is InChI=1S/C17H27F9O2/c1-8-9-11(2,3)27-12(4,5)10-13(6,7)28-14(15(18,19)20,16(21,22)23)17(24,25)26/h8-10H2,1-7H3. The van der Waals surface area contributed by atoms with E-state index in [0.29, 0.717) is 12.8 Å². The summed E-state index contributed by atoms with van der Waals surface area (Å²) in [4.78, 5) is 0. The third kappa shape index (κ3) is 6.40. The van der Waals surface area contributed by atoms with Crippen molar-refractivity contribution in [2.45, 2.75) is 109 Å². The molecule has 0 unspecified atom stereocenters. The molecular formula is C17H27F9O2. The molecule has 0 fully saturated rings. The second kappa shape index (κ2) is 7.85. The predicted octanol–water partition coefficient (Wildman–Crippen LogP) is 6.97. The quantitative estimate of drug-likeness (QED) is 0.384. The highest BCUT2D eigenvalue weighted by Crippen LogP contribution is 2.57. The Morgan fingerprint density at radius 3 is 1.14 bits per heavy atom. The first kappa shape index (κ1) is 27.3. The Bertz CT molecular complexity index is 478. The van der Waals surface area contributed by atoms with Crippen LogP contribution in [-0.4, -0.2) is 40.9 Å². The van der Waals surface area contributed by atoms with E-state index in [0.717, 1.165) is 13.8 Å². The first-order valence-electron chi connectivity index (χ1n) is 8.54. The number of hydrogen-bond acceptors (Lipinski definition) is 2. The van der Waals surface area contributed by atoms with Crippen LogP contribution in [0.3, 0.4) is 0 Å². The molecule has 0 saturated carbocycles. The molecule has 0 aliphatic carbocycles. The topological polar surface area (TPSA) is 18.5 Å². The second-order valence-corrected chi connectivity index (χ2v) is 8.58. The summed E-state index contributed by atoms with van der Waals surface area (Å²) in [6.45, 7) is 9.38. The molecule has 0 aromatic carbocycles. The maximum Gasteiger partial charge on any atom is 0.435 e. The van der Waals surface area contributed by atoms with Gasteiger partial charge in [0.15, 0.2) is 0 Å². The molecule has 28 heavy (non-hydrogen) atoms. The van der Waals surface area contributed by atoms with Gasteiger partial charge in [0.2, 0.25) is 0 Å². The molecule has 11 heteroatoms. The summed E-state index contributed by atoms with van der Waals surface area (Å²) >= 11 is 0. The van der Waals surface area contributed by atoms with E-state index in [1.54, 1.807) is 13.8 Å². The minimum absolute atomic E-state index is 0.523. The van der Waals surface area contributed by atoms with Crippen LogP contribution in [0.1, 0.15) is 67.7 Å². The largest absolute Gasteiger partial charge is 0.435 e. The first-order valence-corrected chi connectivity index (χ1v) is 8.54. The zero-order chi connectivity index (χ0) is 23.0. The van der Waals surface area contributed by atoms with Crippen molar-refractivity contribution < 1.29 is 49.0 Å². The van der Waals surface area contributed by atoms with Crippen molar-refractivity contribution in [2.75, 3.05) is 0 Å². The van der Waals surface area contributed by atoms with Crippen LogP contribution in [0, 0.1) is 0 Å². The summed E-state index contributed by atoms with van der Waals surface area (Å²) in [6, 6.07) is 0. The fraction of sp³-hybridized carbons (Fsp3) is 1.00. The fourth-order valence-electron chi connectivity index (χ4n) is 3.57. The molecule has 0 radical (unpaired) electrons. The minimum atomic E-state index is -6.77. The summed E-state index contributed by atoms with van der Waals surface area (Å²) < 4.78 is 128. The van der Waals surface area contributed by atoms with E-state index in [1.807, 2.05) is 6.92 Å². The van der Waals surface area contributed by atoms with Crippen LogP contribution in [0.5, 0.6) is 0 Å². The zero-order valence-electron chi connectivity index (χ0n) is 16.8. The number of alkyl halides is 9. The third-order valence-corrected chi connectivity index (χ3v) is 3.88. The Morgan fingerprint density at radius 1 is 0.536 bits per heavy atom. The Kier molecular flexibility index (Phi) is 7.65. The molecule has 0 N–H and O–H groups in total. The lowest BCUT2D eigenvalue weighted by Crippen LogP contribution is -2.70. The average Bonchev–Trinajstić information content (AvgIpc) is 2.27. The van der Waals surface area contributed by atoms with Crippen LogP contribution < -0.4 is 0 Å². The SMILES string of the molecule is CCCC(C)(C)OC(C)(C)CC(C)(C)OC(C(F)(F)F)(C(F)(F)F)C(F)(F)F. The Labute approximate surface area is 158 Å². The summed E-state index contributed by atoms with van der Waals surface area (Å²) in [6.07, 6.45) is -19.8. The highest BCUT2D eigenvalue weighted by atomic mass is 19.4. The van der Waals surface area contributed by atoms with Gasteiger partial charge in [-0.2, -0.15) is 39.5 Å². The van der Waals surface area contributed by atoms with Crippen molar-refractivity contribution in [1.82, 2.24) is 0 Å². The molecule has 0 bridgehead atoms. The highest BCUT2D eigenvalue weighted by molar-refractivity contribution is 5.04. The Hall–Kier alpha value is -0.710. The molecule has 0 aliphatic rings. The van der Waals surface area contributed by atoms with Gasteiger partial charge >= 0.3 is 24.1 Å². The van der Waals surface area contributed by atoms with Gasteiger partial charge in [0.05, 0.1) is 16.8 Å². The third-order valence-electron chi connectivity index (χ3n) is 3.88. The Balaban J connectivity index is 6.01. The van der Waals surface area contributed by atoms with Crippen LogP contribution in [-0.2, 0) is 9.47 Å². The minimum Gasteiger partial charge on any atom is -0.370 e. The number of rotatable bonds is 8. The fourth-order valence-corrected chi connectivity index (χ4v) is 3.57. The number of hydrogen-bond donors (Lipinski definition) is 0. The summed E-state index contributed by atoms with van der Waals surface area (Å²) in [5, 5.41) is 0. The van der Waals surface area contributed by atoms with Crippen LogP contribution in [0.15, 0.2) is 0 Å². The van der Waals surface area contributed by atoms with Crippen molar-refractivity contribution in [3.8, 4) is 0 Å². The van der Waals surface area contributed by atoms with E-state index in [1.165, 1.54) is 13.8 Å². The molecule has 0 aromatic rings. The van der Waals surface area contributed by atoms with E-state index in [-0.39, 0.29) is 0 Å². The molecule has 0 rings (SSSR count). The molecule has 0 saturated heterocycles. The summed E-state index contributed by atoms with van der Waals surface area (Å²) in [5.74, 6) is 0. The van der Waals surface area contributed by atoms with E-state index in [9.17, 15) is 39.5 Å². The maximum absolute atomic E-state index is 13.1. The Morgan fingerprint density at radius 2 is 0.857 bits per heavy atom. The van der Waals surface area contributed by atoms with E-state index >= 15 is 0 Å². The molecule has 0 heterocycles. The van der Waals surface area contributed by atoms with Crippen molar-refractivity contribution in [1.29, 1.82) is 0 Å². The molecule has 0 amide bonds. The van der Waals surface area contributed by atoms with Gasteiger partial charge in [-0.15, -0.1) is 0 Å². The summed E-state index contributed by atoms with van der Waals surface area (Å²) in [7, 11) is 0. The van der Waals surface area contributed by atoms with Crippen molar-refractivity contribution in [3.05, 3.63) is 0 Å². The van der Waals surface area contributed by atoms with Crippen molar-refractivity contribution in [3.63, 3.8) is 0 Å². The van der Waals surface area contributed by atoms with E-state index < -0.39 is 47.4 Å². The monoisotopic (exact) mass is 434 g/mol. The smallest absolute Gasteiger partial charge is 0.370 e. The number of ether oxygens (including phenoxy) is 2. The second-order valence-electron chi connectivity index (χ2n) is 8.58. The van der Waals surface area contributed by atoms with Crippen LogP contribution in [0.4, 0.5) is 39.5 Å². The average molecular weight is 434 g/mol. The maximum atomic E-state index is 13.1. The molecule has 0 atom stereocenters. The molecule has 170 valence electrons. The van der Waals surface area contributed by atoms with Gasteiger partial charge < -0.3 is 9.47 Å². The zero-order valence-corrected chi connectivity index (χ0v) is 16.8. The molecule has 0 spiro atoms. The van der Waals surface area contributed by atoms with Gasteiger partial charge in [0.25, 0.3) is 0 Å². The number of halogens is 9. The van der Waals surface area contributed by atoms with Crippen LogP contribution in [0.25, 0.3) is 0 Å². The van der Waals surface area contributed by atoms with E-state index in [2.05, 4.69) is 4.74 Å². The van der Waals surface area contributed by atoms with Gasteiger partial charge in [-0.05, 0) is 48.0 Å². The first-order chi connectivity index (χ1) is 11.9. The van der Waals surface area contributed by atoms with Gasteiger partial charge in [-0.3, -0.25) is 0 Å². The van der Waals surface area contributed by atoms with Crippen LogP contribution >= 0.6 is 0 Å². The van der Waals surface area contributed by atoms with Gasteiger partial charge in [-0.25, -0.2) is 0 Å². The van der Waals surface area contributed by atoms with Crippen molar-refractivity contribution in [2.24, 2.45) is 0 Å². The van der Waals surface area contributed by atoms with Crippen molar-refractivity contribution >= 4 is 0 Å².